The molecule has 4 nitrogen and oxygen atoms in total. The summed E-state index contributed by atoms with van der Waals surface area (Å²) in [7, 11) is 3.76. The monoisotopic (exact) mass is 259 g/mol. The number of rotatable bonds is 7. The molecule has 1 aliphatic rings. The van der Waals surface area contributed by atoms with Gasteiger partial charge in [-0.1, -0.05) is 0 Å². The van der Waals surface area contributed by atoms with E-state index in [1.165, 1.54) is 12.8 Å². The summed E-state index contributed by atoms with van der Waals surface area (Å²) in [4.78, 5) is 2.29. The fourth-order valence-corrected chi connectivity index (χ4v) is 2.31. The number of aliphatic hydroxyl groups excluding tert-OH is 1. The van der Waals surface area contributed by atoms with Crippen LogP contribution in [0.5, 0.6) is 0 Å². The number of nitrogens with zero attached hydrogens (tertiary/aromatic N) is 1. The molecule has 0 saturated carbocycles. The number of hydrogen-bond donors (Lipinski definition) is 1. The van der Waals surface area contributed by atoms with Gasteiger partial charge in [-0.25, -0.2) is 0 Å². The van der Waals surface area contributed by atoms with Gasteiger partial charge in [-0.2, -0.15) is 0 Å². The van der Waals surface area contributed by atoms with Crippen molar-refractivity contribution < 1.29 is 14.6 Å². The minimum Gasteiger partial charge on any atom is -0.390 e. The molecule has 0 aromatic heterocycles. The minimum atomic E-state index is -0.464. The molecular weight excluding hydrogens is 230 g/mol. The molecule has 0 aliphatic carbocycles. The van der Waals surface area contributed by atoms with E-state index in [9.17, 15) is 5.11 Å². The lowest BCUT2D eigenvalue weighted by Crippen LogP contribution is -2.41. The van der Waals surface area contributed by atoms with Gasteiger partial charge in [-0.3, -0.25) is 0 Å². The van der Waals surface area contributed by atoms with Gasteiger partial charge in [0.15, 0.2) is 0 Å². The summed E-state index contributed by atoms with van der Waals surface area (Å²) >= 11 is 0. The molecule has 0 bridgehead atoms. The number of ether oxygens (including phenoxy) is 2. The van der Waals surface area contributed by atoms with Crippen molar-refractivity contribution >= 4 is 0 Å². The molecule has 1 saturated heterocycles. The van der Waals surface area contributed by atoms with Crippen molar-refractivity contribution in [1.82, 2.24) is 4.90 Å². The van der Waals surface area contributed by atoms with Gasteiger partial charge in [0.1, 0.15) is 0 Å². The number of hydrogen-bond acceptors (Lipinski definition) is 4. The van der Waals surface area contributed by atoms with E-state index in [1.54, 1.807) is 7.11 Å². The summed E-state index contributed by atoms with van der Waals surface area (Å²) in [5.41, 5.74) is -0.464. The van der Waals surface area contributed by atoms with Crippen molar-refractivity contribution in [3.63, 3.8) is 0 Å². The number of methoxy groups -OCH3 is 1. The summed E-state index contributed by atoms with van der Waals surface area (Å²) in [6.45, 7) is 7.60. The molecule has 0 aromatic rings. The Morgan fingerprint density at radius 3 is 2.78 bits per heavy atom. The Labute approximate surface area is 111 Å². The summed E-state index contributed by atoms with van der Waals surface area (Å²) < 4.78 is 10.8. The maximum absolute atomic E-state index is 10.1. The van der Waals surface area contributed by atoms with Crippen molar-refractivity contribution in [1.29, 1.82) is 0 Å². The highest BCUT2D eigenvalue weighted by molar-refractivity contribution is 4.79. The zero-order valence-electron chi connectivity index (χ0n) is 12.3. The molecule has 2 atom stereocenters. The molecule has 0 radical (unpaired) electrons. The quantitative estimate of drug-likeness (QED) is 0.753. The van der Waals surface area contributed by atoms with E-state index in [4.69, 9.17) is 9.47 Å². The molecule has 0 spiro atoms. The normalized spacial score (nSPS) is 23.3. The molecule has 1 heterocycles. The van der Waals surface area contributed by atoms with Crippen LogP contribution in [0.3, 0.4) is 0 Å². The molecule has 108 valence electrons. The van der Waals surface area contributed by atoms with Gasteiger partial charge in [0.2, 0.25) is 0 Å². The molecule has 1 fully saturated rings. The molecule has 1 N–H and O–H groups in total. The van der Waals surface area contributed by atoms with Crippen LogP contribution in [0.4, 0.5) is 0 Å². The van der Waals surface area contributed by atoms with Crippen molar-refractivity contribution in [3.05, 3.63) is 0 Å². The maximum atomic E-state index is 10.1. The first-order valence-corrected chi connectivity index (χ1v) is 6.95. The van der Waals surface area contributed by atoms with E-state index in [0.29, 0.717) is 5.92 Å². The molecule has 1 rings (SSSR count). The Morgan fingerprint density at radius 1 is 1.50 bits per heavy atom. The Hall–Kier alpha value is -0.160. The Kier molecular flexibility index (Phi) is 6.57. The topological polar surface area (TPSA) is 41.9 Å². The third-order valence-electron chi connectivity index (χ3n) is 3.94. The lowest BCUT2D eigenvalue weighted by Gasteiger charge is -2.31. The predicted octanol–water partition coefficient (Wildman–Crippen LogP) is 1.52. The van der Waals surface area contributed by atoms with Crippen LogP contribution < -0.4 is 0 Å². The minimum absolute atomic E-state index is 0.424. The highest BCUT2D eigenvalue weighted by atomic mass is 16.5. The third kappa shape index (κ3) is 5.22. The van der Waals surface area contributed by atoms with Crippen LogP contribution in [0.1, 0.15) is 33.1 Å². The molecule has 1 aliphatic heterocycles. The smallest absolute Gasteiger partial charge is 0.0880 e. The van der Waals surface area contributed by atoms with Gasteiger partial charge < -0.3 is 19.5 Å². The largest absolute Gasteiger partial charge is 0.390 e. The highest BCUT2D eigenvalue weighted by Gasteiger charge is 2.27. The summed E-state index contributed by atoms with van der Waals surface area (Å²) in [5, 5.41) is 10.1. The van der Waals surface area contributed by atoms with Crippen molar-refractivity contribution in [2.45, 2.75) is 44.8 Å². The Bertz CT molecular complexity index is 227. The lowest BCUT2D eigenvalue weighted by atomic mass is 9.98. The second kappa shape index (κ2) is 7.43. The maximum Gasteiger partial charge on any atom is 0.0880 e. The second-order valence-electron chi connectivity index (χ2n) is 5.96. The summed E-state index contributed by atoms with van der Waals surface area (Å²) in [6.07, 6.45) is 2.76. The van der Waals surface area contributed by atoms with Gasteiger partial charge in [-0.15, -0.1) is 0 Å². The van der Waals surface area contributed by atoms with Gasteiger partial charge in [-0.05, 0) is 46.1 Å². The Morgan fingerprint density at radius 2 is 2.22 bits per heavy atom. The zero-order chi connectivity index (χ0) is 13.6. The van der Waals surface area contributed by atoms with Crippen LogP contribution in [-0.2, 0) is 9.47 Å². The zero-order valence-corrected chi connectivity index (χ0v) is 12.3. The first-order valence-electron chi connectivity index (χ1n) is 6.95. The van der Waals surface area contributed by atoms with E-state index < -0.39 is 11.7 Å². The van der Waals surface area contributed by atoms with Crippen molar-refractivity contribution in [2.75, 3.05) is 40.5 Å². The first kappa shape index (κ1) is 15.9. The second-order valence-corrected chi connectivity index (χ2v) is 5.96. The van der Waals surface area contributed by atoms with Gasteiger partial charge in [0.05, 0.1) is 18.3 Å². The fraction of sp³-hybridized carbons (Fsp3) is 1.00. The molecule has 2 unspecified atom stereocenters. The van der Waals surface area contributed by atoms with E-state index in [-0.39, 0.29) is 0 Å². The van der Waals surface area contributed by atoms with Crippen molar-refractivity contribution in [3.8, 4) is 0 Å². The molecule has 4 heteroatoms. The third-order valence-corrected chi connectivity index (χ3v) is 3.94. The van der Waals surface area contributed by atoms with Gasteiger partial charge >= 0.3 is 0 Å². The van der Waals surface area contributed by atoms with Crippen LogP contribution >= 0.6 is 0 Å². The molecular formula is C14H29NO3. The van der Waals surface area contributed by atoms with Crippen molar-refractivity contribution in [2.24, 2.45) is 5.92 Å². The summed E-state index contributed by atoms with van der Waals surface area (Å²) in [6, 6.07) is 0. The molecule has 0 aromatic carbocycles. The molecule has 0 amide bonds. The average molecular weight is 259 g/mol. The highest BCUT2D eigenvalue weighted by Crippen LogP contribution is 2.18. The van der Waals surface area contributed by atoms with Gasteiger partial charge in [0.25, 0.3) is 0 Å². The van der Waals surface area contributed by atoms with Crippen LogP contribution in [0.2, 0.25) is 0 Å². The van der Waals surface area contributed by atoms with E-state index in [0.717, 1.165) is 32.7 Å². The first-order chi connectivity index (χ1) is 8.45. The Balaban J connectivity index is 2.21. The predicted molar refractivity (Wildman–Crippen MR) is 72.8 cm³/mol. The van der Waals surface area contributed by atoms with E-state index in [2.05, 4.69) is 11.9 Å². The fourth-order valence-electron chi connectivity index (χ4n) is 2.31. The average Bonchev–Trinajstić information content (AvgIpc) is 2.37. The van der Waals surface area contributed by atoms with Gasteiger partial charge in [0, 0.05) is 26.8 Å². The molecule has 18 heavy (non-hydrogen) atoms. The standard InChI is InChI=1S/C14H29NO3/c1-14(2,17-4)13(16)7-8-15(3)10-12-6-5-9-18-11-12/h12-13,16H,5-11H2,1-4H3. The SMILES string of the molecule is COC(C)(C)C(O)CCN(C)CC1CCCOC1. The van der Waals surface area contributed by atoms with Crippen LogP contribution in [0.25, 0.3) is 0 Å². The van der Waals surface area contributed by atoms with E-state index in [1.807, 2.05) is 13.8 Å². The van der Waals surface area contributed by atoms with Crippen LogP contribution in [0, 0.1) is 5.92 Å². The van der Waals surface area contributed by atoms with Crippen LogP contribution in [0.15, 0.2) is 0 Å². The number of aliphatic hydroxyl groups is 1. The lowest BCUT2D eigenvalue weighted by molar-refractivity contribution is -0.0823. The van der Waals surface area contributed by atoms with Crippen LogP contribution in [-0.4, -0.2) is 62.2 Å². The summed E-state index contributed by atoms with van der Waals surface area (Å²) in [5.74, 6) is 0.649. The van der Waals surface area contributed by atoms with E-state index >= 15 is 0 Å².